The predicted octanol–water partition coefficient (Wildman–Crippen LogP) is 4.44. The number of hydrogen-bond acceptors (Lipinski definition) is 6. The van der Waals surface area contributed by atoms with E-state index in [9.17, 15) is 14.9 Å². The number of carbonyl (C=O) groups is 1. The van der Waals surface area contributed by atoms with Crippen molar-refractivity contribution in [2.75, 3.05) is 18.0 Å². The van der Waals surface area contributed by atoms with Crippen LogP contribution in [-0.2, 0) is 9.53 Å². The number of carbonyl (C=O) groups excluding carboxylic acids is 1. The molecule has 0 atom stereocenters. The van der Waals surface area contributed by atoms with Crippen molar-refractivity contribution in [1.82, 2.24) is 0 Å². The Labute approximate surface area is 167 Å². The standard InChI is InChI=1S/C20H18ClN3O4/c1-3-23(4-2)15-8-5-13(6-9-15)11-17-20(25)28-19(22-17)14-7-10-16(21)18(12-14)24(26)27/h5-12H,3-4H2,1-2H3/b17-11-. The van der Waals surface area contributed by atoms with E-state index in [-0.39, 0.29) is 22.3 Å². The van der Waals surface area contributed by atoms with Gasteiger partial charge >= 0.3 is 5.97 Å². The Morgan fingerprint density at radius 1 is 1.18 bits per heavy atom. The van der Waals surface area contributed by atoms with E-state index in [4.69, 9.17) is 16.3 Å². The van der Waals surface area contributed by atoms with Gasteiger partial charge in [-0.05, 0) is 49.8 Å². The molecule has 0 N–H and O–H groups in total. The molecule has 1 aliphatic heterocycles. The Bertz CT molecular complexity index is 979. The average Bonchev–Trinajstić information content (AvgIpc) is 3.04. The van der Waals surface area contributed by atoms with Crippen LogP contribution in [0, 0.1) is 10.1 Å². The van der Waals surface area contributed by atoms with Crippen molar-refractivity contribution in [3.8, 4) is 0 Å². The summed E-state index contributed by atoms with van der Waals surface area (Å²) in [7, 11) is 0. The Morgan fingerprint density at radius 3 is 2.46 bits per heavy atom. The maximum Gasteiger partial charge on any atom is 0.363 e. The minimum absolute atomic E-state index is 0.00253. The van der Waals surface area contributed by atoms with Crippen molar-refractivity contribution in [3.63, 3.8) is 0 Å². The maximum absolute atomic E-state index is 12.1. The van der Waals surface area contributed by atoms with E-state index in [2.05, 4.69) is 23.7 Å². The van der Waals surface area contributed by atoms with Gasteiger partial charge in [-0.15, -0.1) is 0 Å². The fraction of sp³-hybridized carbons (Fsp3) is 0.200. The summed E-state index contributed by atoms with van der Waals surface area (Å²) in [6, 6.07) is 11.9. The highest BCUT2D eigenvalue weighted by atomic mass is 35.5. The smallest absolute Gasteiger partial charge is 0.363 e. The number of benzene rings is 2. The van der Waals surface area contributed by atoms with E-state index < -0.39 is 10.9 Å². The van der Waals surface area contributed by atoms with Crippen LogP contribution in [0.3, 0.4) is 0 Å². The van der Waals surface area contributed by atoms with Gasteiger partial charge in [0.15, 0.2) is 5.70 Å². The summed E-state index contributed by atoms with van der Waals surface area (Å²) in [5.74, 6) is -0.601. The number of nitro groups is 1. The van der Waals surface area contributed by atoms with Crippen LogP contribution in [0.5, 0.6) is 0 Å². The molecule has 144 valence electrons. The van der Waals surface area contributed by atoms with Gasteiger partial charge in [-0.3, -0.25) is 10.1 Å². The van der Waals surface area contributed by atoms with E-state index in [1.807, 2.05) is 24.3 Å². The Kier molecular flexibility index (Phi) is 5.75. The highest BCUT2D eigenvalue weighted by Crippen LogP contribution is 2.27. The number of esters is 1. The van der Waals surface area contributed by atoms with E-state index in [0.717, 1.165) is 24.3 Å². The number of hydrogen-bond donors (Lipinski definition) is 0. The molecule has 0 saturated carbocycles. The summed E-state index contributed by atoms with van der Waals surface area (Å²) in [6.45, 7) is 5.99. The third-order valence-electron chi connectivity index (χ3n) is 4.34. The Balaban J connectivity index is 1.88. The first kappa shape index (κ1) is 19.6. The number of ether oxygens (including phenoxy) is 1. The van der Waals surface area contributed by atoms with Crippen LogP contribution in [0.4, 0.5) is 11.4 Å². The minimum atomic E-state index is -0.611. The Hall–Kier alpha value is -3.19. The van der Waals surface area contributed by atoms with Crippen LogP contribution in [-0.4, -0.2) is 29.9 Å². The molecule has 0 amide bonds. The third kappa shape index (κ3) is 4.04. The average molecular weight is 400 g/mol. The largest absolute Gasteiger partial charge is 0.402 e. The topological polar surface area (TPSA) is 85.0 Å². The second-order valence-corrected chi connectivity index (χ2v) is 6.43. The fourth-order valence-electron chi connectivity index (χ4n) is 2.85. The molecule has 0 unspecified atom stereocenters. The number of cyclic esters (lactones) is 1. The predicted molar refractivity (Wildman–Crippen MR) is 109 cm³/mol. The van der Waals surface area contributed by atoms with Crippen LogP contribution >= 0.6 is 11.6 Å². The van der Waals surface area contributed by atoms with Gasteiger partial charge in [-0.25, -0.2) is 9.79 Å². The molecule has 8 heteroatoms. The van der Waals surface area contributed by atoms with Crippen molar-refractivity contribution in [1.29, 1.82) is 0 Å². The molecule has 0 bridgehead atoms. The molecule has 0 spiro atoms. The van der Waals surface area contributed by atoms with Crippen molar-refractivity contribution in [2.24, 2.45) is 4.99 Å². The molecule has 3 rings (SSSR count). The van der Waals surface area contributed by atoms with Gasteiger partial charge in [-0.2, -0.15) is 0 Å². The summed E-state index contributed by atoms with van der Waals surface area (Å²) in [5, 5.41) is 11.0. The lowest BCUT2D eigenvalue weighted by atomic mass is 10.1. The Morgan fingerprint density at radius 2 is 1.86 bits per heavy atom. The van der Waals surface area contributed by atoms with Gasteiger partial charge in [-0.1, -0.05) is 23.7 Å². The lowest BCUT2D eigenvalue weighted by molar-refractivity contribution is -0.384. The first-order chi connectivity index (χ1) is 13.4. The molecular weight excluding hydrogens is 382 g/mol. The molecule has 1 heterocycles. The quantitative estimate of drug-likeness (QED) is 0.310. The van der Waals surface area contributed by atoms with Crippen LogP contribution in [0.25, 0.3) is 6.08 Å². The summed E-state index contributed by atoms with van der Waals surface area (Å²) >= 11 is 5.81. The number of aliphatic imine (C=N–C) groups is 1. The molecule has 0 aromatic heterocycles. The molecule has 0 radical (unpaired) electrons. The summed E-state index contributed by atoms with van der Waals surface area (Å²) in [5.41, 5.74) is 2.06. The zero-order valence-electron chi connectivity index (χ0n) is 15.4. The molecule has 2 aromatic carbocycles. The van der Waals surface area contributed by atoms with Crippen molar-refractivity contribution in [2.45, 2.75) is 13.8 Å². The SMILES string of the molecule is CCN(CC)c1ccc(/C=C2\N=C(c3ccc(Cl)c([N+](=O)[O-])c3)OC2=O)cc1. The van der Waals surface area contributed by atoms with Gasteiger partial charge in [0.25, 0.3) is 5.69 Å². The van der Waals surface area contributed by atoms with Gasteiger partial charge < -0.3 is 9.64 Å². The van der Waals surface area contributed by atoms with E-state index in [0.29, 0.717) is 5.56 Å². The fourth-order valence-corrected chi connectivity index (χ4v) is 3.03. The molecule has 0 saturated heterocycles. The van der Waals surface area contributed by atoms with Crippen molar-refractivity contribution < 1.29 is 14.5 Å². The zero-order chi connectivity index (χ0) is 20.3. The van der Waals surface area contributed by atoms with Crippen LogP contribution in [0.15, 0.2) is 53.2 Å². The zero-order valence-corrected chi connectivity index (χ0v) is 16.1. The molecule has 2 aromatic rings. The molecule has 1 aliphatic rings. The van der Waals surface area contributed by atoms with Crippen LogP contribution in [0.2, 0.25) is 5.02 Å². The number of anilines is 1. The highest BCUT2D eigenvalue weighted by molar-refractivity contribution is 6.32. The first-order valence-corrected chi connectivity index (χ1v) is 9.12. The summed E-state index contributed by atoms with van der Waals surface area (Å²) in [4.78, 5) is 29.0. The monoisotopic (exact) mass is 399 g/mol. The first-order valence-electron chi connectivity index (χ1n) is 8.74. The van der Waals surface area contributed by atoms with E-state index in [1.165, 1.54) is 18.2 Å². The lowest BCUT2D eigenvalue weighted by Gasteiger charge is -2.20. The second kappa shape index (κ2) is 8.22. The number of halogens is 1. The van der Waals surface area contributed by atoms with E-state index in [1.54, 1.807) is 6.08 Å². The molecular formula is C20H18ClN3O4. The van der Waals surface area contributed by atoms with Gasteiger partial charge in [0.1, 0.15) is 5.02 Å². The van der Waals surface area contributed by atoms with Crippen LogP contribution < -0.4 is 4.90 Å². The van der Waals surface area contributed by atoms with Gasteiger partial charge in [0, 0.05) is 30.4 Å². The van der Waals surface area contributed by atoms with Crippen molar-refractivity contribution in [3.05, 3.63) is 74.4 Å². The minimum Gasteiger partial charge on any atom is -0.402 e. The van der Waals surface area contributed by atoms with Crippen molar-refractivity contribution >= 4 is 40.9 Å². The molecule has 0 aliphatic carbocycles. The second-order valence-electron chi connectivity index (χ2n) is 6.02. The van der Waals surface area contributed by atoms with Gasteiger partial charge in [0.05, 0.1) is 4.92 Å². The molecule has 7 nitrogen and oxygen atoms in total. The molecule has 0 fully saturated rings. The lowest BCUT2D eigenvalue weighted by Crippen LogP contribution is -2.21. The maximum atomic E-state index is 12.1. The normalized spacial score (nSPS) is 14.8. The number of nitrogens with zero attached hydrogens (tertiary/aromatic N) is 3. The van der Waals surface area contributed by atoms with Crippen LogP contribution in [0.1, 0.15) is 25.0 Å². The summed E-state index contributed by atoms with van der Waals surface area (Å²) < 4.78 is 5.17. The van der Waals surface area contributed by atoms with Gasteiger partial charge in [0.2, 0.25) is 5.90 Å². The van der Waals surface area contributed by atoms with E-state index >= 15 is 0 Å². The third-order valence-corrected chi connectivity index (χ3v) is 4.65. The highest BCUT2D eigenvalue weighted by Gasteiger charge is 2.26. The summed E-state index contributed by atoms with van der Waals surface area (Å²) in [6.07, 6.45) is 1.62. The number of nitro benzene ring substituents is 1. The number of rotatable bonds is 6. The molecule has 28 heavy (non-hydrogen) atoms.